The van der Waals surface area contributed by atoms with E-state index in [9.17, 15) is 0 Å². The first kappa shape index (κ1) is 16.8. The topological polar surface area (TPSA) is 39.7 Å². The highest BCUT2D eigenvalue weighted by Gasteiger charge is 2.30. The Kier molecular flexibility index (Phi) is 6.30. The minimum atomic E-state index is -0.314. The maximum atomic E-state index is 5.68. The van der Waals surface area contributed by atoms with Gasteiger partial charge in [-0.15, -0.1) is 0 Å². The number of benzene rings is 1. The highest BCUT2D eigenvalue weighted by atomic mass is 16.5. The van der Waals surface area contributed by atoms with Crippen LogP contribution in [0, 0.1) is 0 Å². The minimum absolute atomic E-state index is 0.0717. The highest BCUT2D eigenvalue weighted by molar-refractivity contribution is 5.44. The van der Waals surface area contributed by atoms with Crippen LogP contribution in [0.4, 0.5) is 0 Å². The maximum Gasteiger partial charge on any atom is 0.161 e. The molecule has 1 aromatic carbocycles. The van der Waals surface area contributed by atoms with Crippen molar-refractivity contribution in [3.8, 4) is 11.5 Å². The van der Waals surface area contributed by atoms with Gasteiger partial charge in [0.2, 0.25) is 0 Å². The second-order valence-corrected chi connectivity index (χ2v) is 5.10. The van der Waals surface area contributed by atoms with E-state index in [0.717, 1.165) is 17.1 Å². The van der Waals surface area contributed by atoms with Crippen LogP contribution in [-0.4, -0.2) is 33.0 Å². The number of nitrogens with one attached hydrogen (secondary N) is 1. The van der Waals surface area contributed by atoms with Gasteiger partial charge in [-0.05, 0) is 52.4 Å². The van der Waals surface area contributed by atoms with Crippen molar-refractivity contribution in [2.45, 2.75) is 39.3 Å². The first-order valence-corrected chi connectivity index (χ1v) is 7.12. The monoisotopic (exact) mass is 281 g/mol. The molecule has 20 heavy (non-hydrogen) atoms. The Bertz CT molecular complexity index is 418. The molecule has 0 aliphatic heterocycles. The van der Waals surface area contributed by atoms with Gasteiger partial charge in [0.15, 0.2) is 11.5 Å². The summed E-state index contributed by atoms with van der Waals surface area (Å²) in [5, 5.41) is 3.31. The number of likely N-dealkylation sites (N-methyl/N-ethyl adjacent to an activating group) is 1. The molecule has 0 aliphatic rings. The van der Waals surface area contributed by atoms with E-state index in [-0.39, 0.29) is 11.6 Å². The van der Waals surface area contributed by atoms with E-state index in [1.165, 1.54) is 0 Å². The third-order valence-corrected chi connectivity index (χ3v) is 3.41. The van der Waals surface area contributed by atoms with E-state index in [0.29, 0.717) is 13.2 Å². The Morgan fingerprint density at radius 3 is 2.20 bits per heavy atom. The van der Waals surface area contributed by atoms with E-state index in [4.69, 9.17) is 14.2 Å². The Labute approximate surface area is 122 Å². The number of hydrogen-bond donors (Lipinski definition) is 1. The van der Waals surface area contributed by atoms with Crippen molar-refractivity contribution in [3.63, 3.8) is 0 Å². The zero-order valence-corrected chi connectivity index (χ0v) is 13.4. The summed E-state index contributed by atoms with van der Waals surface area (Å²) in [5.41, 5.74) is 0.803. The summed E-state index contributed by atoms with van der Waals surface area (Å²) in [6.45, 7) is 9.29. The lowest BCUT2D eigenvalue weighted by atomic mass is 9.91. The molecule has 1 unspecified atom stereocenters. The molecular weight excluding hydrogens is 254 g/mol. The zero-order chi connectivity index (χ0) is 15.2. The van der Waals surface area contributed by atoms with Crippen molar-refractivity contribution >= 4 is 0 Å². The van der Waals surface area contributed by atoms with Crippen molar-refractivity contribution < 1.29 is 14.2 Å². The van der Waals surface area contributed by atoms with E-state index >= 15 is 0 Å². The Hall–Kier alpha value is -1.26. The van der Waals surface area contributed by atoms with Crippen molar-refractivity contribution in [1.29, 1.82) is 0 Å². The van der Waals surface area contributed by atoms with Crippen molar-refractivity contribution in [3.05, 3.63) is 23.8 Å². The molecule has 0 heterocycles. The molecule has 114 valence electrons. The number of methoxy groups -OCH3 is 1. The van der Waals surface area contributed by atoms with Crippen LogP contribution in [0.25, 0.3) is 0 Å². The van der Waals surface area contributed by atoms with Crippen LogP contribution in [0.1, 0.15) is 39.3 Å². The predicted octanol–water partition coefficient (Wildman–Crippen LogP) is 3.17. The molecule has 0 aromatic heterocycles. The SMILES string of the molecule is CCOc1ccc(C(NC)C(C)(C)OC)cc1OCC. The fraction of sp³-hybridized carbons (Fsp3) is 0.625. The van der Waals surface area contributed by atoms with Gasteiger partial charge >= 0.3 is 0 Å². The van der Waals surface area contributed by atoms with Gasteiger partial charge in [0.25, 0.3) is 0 Å². The smallest absolute Gasteiger partial charge is 0.161 e. The molecule has 1 atom stereocenters. The first-order chi connectivity index (χ1) is 9.50. The zero-order valence-electron chi connectivity index (χ0n) is 13.4. The highest BCUT2D eigenvalue weighted by Crippen LogP contribution is 2.35. The van der Waals surface area contributed by atoms with Gasteiger partial charge < -0.3 is 19.5 Å². The van der Waals surface area contributed by atoms with E-state index in [1.807, 2.05) is 33.0 Å². The molecule has 0 saturated carbocycles. The molecule has 1 rings (SSSR count). The van der Waals surface area contributed by atoms with Crippen LogP contribution in [0.3, 0.4) is 0 Å². The fourth-order valence-electron chi connectivity index (χ4n) is 2.28. The second-order valence-electron chi connectivity index (χ2n) is 5.10. The molecular formula is C16H27NO3. The lowest BCUT2D eigenvalue weighted by Gasteiger charge is -2.33. The van der Waals surface area contributed by atoms with E-state index in [1.54, 1.807) is 7.11 Å². The summed E-state index contributed by atoms with van der Waals surface area (Å²) in [6.07, 6.45) is 0. The molecule has 4 nitrogen and oxygen atoms in total. The molecule has 0 aliphatic carbocycles. The predicted molar refractivity (Wildman–Crippen MR) is 81.7 cm³/mol. The molecule has 0 radical (unpaired) electrons. The second kappa shape index (κ2) is 7.50. The summed E-state index contributed by atoms with van der Waals surface area (Å²) in [5.74, 6) is 1.56. The quantitative estimate of drug-likeness (QED) is 0.794. The molecule has 0 fully saturated rings. The van der Waals surface area contributed by atoms with Crippen molar-refractivity contribution in [2.24, 2.45) is 0 Å². The van der Waals surface area contributed by atoms with Crippen molar-refractivity contribution in [1.82, 2.24) is 5.32 Å². The van der Waals surface area contributed by atoms with Gasteiger partial charge in [-0.2, -0.15) is 0 Å². The third-order valence-electron chi connectivity index (χ3n) is 3.41. The molecule has 0 saturated heterocycles. The fourth-order valence-corrected chi connectivity index (χ4v) is 2.28. The third kappa shape index (κ3) is 3.87. The average Bonchev–Trinajstić information content (AvgIpc) is 2.42. The van der Waals surface area contributed by atoms with Crippen LogP contribution in [0.5, 0.6) is 11.5 Å². The van der Waals surface area contributed by atoms with Crippen LogP contribution in [-0.2, 0) is 4.74 Å². The van der Waals surface area contributed by atoms with Gasteiger partial charge in [0, 0.05) is 7.11 Å². The number of rotatable bonds is 8. The molecule has 0 bridgehead atoms. The summed E-state index contributed by atoms with van der Waals surface area (Å²) in [7, 11) is 3.66. The van der Waals surface area contributed by atoms with E-state index in [2.05, 4.69) is 25.2 Å². The lowest BCUT2D eigenvalue weighted by Crippen LogP contribution is -2.39. The van der Waals surface area contributed by atoms with Crippen LogP contribution in [0.2, 0.25) is 0 Å². The first-order valence-electron chi connectivity index (χ1n) is 7.12. The molecule has 4 heteroatoms. The normalized spacial score (nSPS) is 13.1. The molecule has 0 amide bonds. The summed E-state index contributed by atoms with van der Waals surface area (Å²) < 4.78 is 16.9. The van der Waals surface area contributed by atoms with Gasteiger partial charge in [-0.3, -0.25) is 0 Å². The Morgan fingerprint density at radius 2 is 1.70 bits per heavy atom. The van der Waals surface area contributed by atoms with Gasteiger partial charge in [0.05, 0.1) is 24.9 Å². The number of hydrogen-bond acceptors (Lipinski definition) is 4. The average molecular weight is 281 g/mol. The summed E-state index contributed by atoms with van der Waals surface area (Å²) in [6, 6.07) is 6.11. The van der Waals surface area contributed by atoms with Crippen LogP contribution < -0.4 is 14.8 Å². The van der Waals surface area contributed by atoms with Crippen LogP contribution in [0.15, 0.2) is 18.2 Å². The van der Waals surface area contributed by atoms with Gasteiger partial charge in [0.1, 0.15) is 0 Å². The Balaban J connectivity index is 3.14. The standard InChI is InChI=1S/C16H27NO3/c1-7-19-13-10-9-12(11-14(13)20-8-2)15(17-5)16(3,4)18-6/h9-11,15,17H,7-8H2,1-6H3. The summed E-state index contributed by atoms with van der Waals surface area (Å²) in [4.78, 5) is 0. The Morgan fingerprint density at radius 1 is 1.10 bits per heavy atom. The lowest BCUT2D eigenvalue weighted by molar-refractivity contribution is -0.00905. The minimum Gasteiger partial charge on any atom is -0.490 e. The molecule has 1 N–H and O–H groups in total. The molecule has 1 aromatic rings. The van der Waals surface area contributed by atoms with Crippen molar-refractivity contribution in [2.75, 3.05) is 27.4 Å². The van der Waals surface area contributed by atoms with Crippen LogP contribution >= 0.6 is 0 Å². The largest absolute Gasteiger partial charge is 0.490 e. The molecule has 0 spiro atoms. The number of ether oxygens (including phenoxy) is 3. The van der Waals surface area contributed by atoms with Gasteiger partial charge in [-0.25, -0.2) is 0 Å². The summed E-state index contributed by atoms with van der Waals surface area (Å²) >= 11 is 0. The van der Waals surface area contributed by atoms with Gasteiger partial charge in [-0.1, -0.05) is 6.07 Å². The van der Waals surface area contributed by atoms with E-state index < -0.39 is 0 Å². The maximum absolute atomic E-state index is 5.68.